The van der Waals surface area contributed by atoms with Crippen molar-refractivity contribution in [3.63, 3.8) is 0 Å². The van der Waals surface area contributed by atoms with Gasteiger partial charge in [-0.2, -0.15) is 0 Å². The zero-order valence-electron chi connectivity index (χ0n) is 6.59. The minimum atomic E-state index is -0.572. The number of nitrogen functional groups attached to an aromatic ring is 1. The fraction of sp³-hybridized carbons (Fsp3) is 0. The molecule has 1 aromatic heterocycles. The Balaban J connectivity index is 2.92. The van der Waals surface area contributed by atoms with Crippen LogP contribution >= 0.6 is 0 Å². The summed E-state index contributed by atoms with van der Waals surface area (Å²) in [4.78, 5) is 3.70. The van der Waals surface area contributed by atoms with Crippen LogP contribution in [0.2, 0.25) is 0 Å². The Hall–Kier alpha value is -1.71. The zero-order chi connectivity index (χ0) is 9.42. The fourth-order valence-corrected chi connectivity index (χ4v) is 1.18. The van der Waals surface area contributed by atoms with Gasteiger partial charge in [0.15, 0.2) is 0 Å². The molecule has 0 aliphatic rings. The normalized spacial score (nSPS) is 10.6. The zero-order valence-corrected chi connectivity index (χ0v) is 6.59. The first kappa shape index (κ1) is 7.91. The molecule has 0 aliphatic heterocycles. The molecule has 4 heteroatoms. The van der Waals surface area contributed by atoms with Gasteiger partial charge in [-0.3, -0.25) is 4.98 Å². The first-order chi connectivity index (χ1) is 6.18. The van der Waals surface area contributed by atoms with Crippen molar-refractivity contribution in [2.24, 2.45) is 0 Å². The first-order valence-electron chi connectivity index (χ1n) is 3.68. The maximum Gasteiger partial charge on any atom is 0.142 e. The minimum absolute atomic E-state index is 0.111. The summed E-state index contributed by atoms with van der Waals surface area (Å²) in [7, 11) is 0. The van der Waals surface area contributed by atoms with Crippen LogP contribution in [0.25, 0.3) is 10.9 Å². The predicted octanol–water partition coefficient (Wildman–Crippen LogP) is 2.10. The van der Waals surface area contributed by atoms with Crippen LogP contribution in [0.1, 0.15) is 0 Å². The van der Waals surface area contributed by atoms with Crippen LogP contribution in [0.3, 0.4) is 0 Å². The highest BCUT2D eigenvalue weighted by Gasteiger charge is 2.05. The number of rotatable bonds is 0. The molecular weight excluding hydrogens is 174 g/mol. The number of halogens is 2. The molecule has 1 aromatic carbocycles. The van der Waals surface area contributed by atoms with Gasteiger partial charge in [-0.15, -0.1) is 0 Å². The highest BCUT2D eigenvalue weighted by atomic mass is 19.1. The molecule has 13 heavy (non-hydrogen) atoms. The van der Waals surface area contributed by atoms with Crippen LogP contribution in [-0.4, -0.2) is 4.98 Å². The quantitative estimate of drug-likeness (QED) is 0.630. The second kappa shape index (κ2) is 2.65. The number of pyridine rings is 1. The van der Waals surface area contributed by atoms with Gasteiger partial charge in [0.1, 0.15) is 11.6 Å². The summed E-state index contributed by atoms with van der Waals surface area (Å²) >= 11 is 0. The molecule has 0 saturated carbocycles. The van der Waals surface area contributed by atoms with Crippen molar-refractivity contribution < 1.29 is 8.78 Å². The number of fused-ring (bicyclic) bond motifs is 1. The molecule has 0 radical (unpaired) electrons. The SMILES string of the molecule is Nc1ccc(F)c2cc(F)cnc12. The molecule has 2 N–H and O–H groups in total. The number of hydrogen-bond acceptors (Lipinski definition) is 2. The van der Waals surface area contributed by atoms with E-state index in [1.165, 1.54) is 12.1 Å². The molecule has 0 fully saturated rings. The van der Waals surface area contributed by atoms with Crippen molar-refractivity contribution in [3.8, 4) is 0 Å². The summed E-state index contributed by atoms with van der Waals surface area (Å²) in [5, 5.41) is 0.111. The van der Waals surface area contributed by atoms with Gasteiger partial charge in [-0.1, -0.05) is 0 Å². The summed E-state index contributed by atoms with van der Waals surface area (Å²) in [6.45, 7) is 0. The second-order valence-electron chi connectivity index (χ2n) is 2.69. The lowest BCUT2D eigenvalue weighted by Gasteiger charge is -2.01. The standard InChI is InChI=1S/C9H6F2N2/c10-5-3-6-7(11)1-2-8(12)9(6)13-4-5/h1-4H,12H2. The van der Waals surface area contributed by atoms with Crippen LogP contribution in [0.4, 0.5) is 14.5 Å². The van der Waals surface area contributed by atoms with Crippen LogP contribution in [0.15, 0.2) is 24.4 Å². The largest absolute Gasteiger partial charge is 0.397 e. The van der Waals surface area contributed by atoms with E-state index < -0.39 is 11.6 Å². The summed E-state index contributed by atoms with van der Waals surface area (Å²) < 4.78 is 25.8. The topological polar surface area (TPSA) is 38.9 Å². The van der Waals surface area contributed by atoms with Gasteiger partial charge in [0, 0.05) is 5.39 Å². The van der Waals surface area contributed by atoms with Gasteiger partial charge in [0.05, 0.1) is 17.4 Å². The lowest BCUT2D eigenvalue weighted by atomic mass is 10.2. The predicted molar refractivity (Wildman–Crippen MR) is 46.1 cm³/mol. The Morgan fingerprint density at radius 3 is 2.77 bits per heavy atom. The number of nitrogens with two attached hydrogens (primary N) is 1. The average Bonchev–Trinajstić information content (AvgIpc) is 2.12. The Morgan fingerprint density at radius 2 is 2.00 bits per heavy atom. The fourth-order valence-electron chi connectivity index (χ4n) is 1.18. The van der Waals surface area contributed by atoms with Gasteiger partial charge >= 0.3 is 0 Å². The molecular formula is C9H6F2N2. The van der Waals surface area contributed by atoms with Gasteiger partial charge in [-0.25, -0.2) is 8.78 Å². The molecule has 0 aliphatic carbocycles. The Morgan fingerprint density at radius 1 is 1.23 bits per heavy atom. The minimum Gasteiger partial charge on any atom is -0.397 e. The average molecular weight is 180 g/mol. The maximum atomic E-state index is 13.1. The molecule has 66 valence electrons. The van der Waals surface area contributed by atoms with E-state index >= 15 is 0 Å². The van der Waals surface area contributed by atoms with Crippen LogP contribution in [0, 0.1) is 11.6 Å². The van der Waals surface area contributed by atoms with Crippen molar-refractivity contribution in [2.75, 3.05) is 5.73 Å². The summed E-state index contributed by atoms with van der Waals surface area (Å²) in [6.07, 6.45) is 1.01. The van der Waals surface area contributed by atoms with Gasteiger partial charge in [-0.05, 0) is 18.2 Å². The van der Waals surface area contributed by atoms with Crippen molar-refractivity contribution >= 4 is 16.6 Å². The third-order valence-corrected chi connectivity index (χ3v) is 1.79. The monoisotopic (exact) mass is 180 g/mol. The lowest BCUT2D eigenvalue weighted by Crippen LogP contribution is -1.92. The lowest BCUT2D eigenvalue weighted by molar-refractivity contribution is 0.617. The first-order valence-corrected chi connectivity index (χ1v) is 3.68. The molecule has 0 amide bonds. The number of anilines is 1. The van der Waals surface area contributed by atoms with E-state index in [0.29, 0.717) is 11.2 Å². The number of nitrogens with zero attached hydrogens (tertiary/aromatic N) is 1. The smallest absolute Gasteiger partial charge is 0.142 e. The number of hydrogen-bond donors (Lipinski definition) is 1. The summed E-state index contributed by atoms with van der Waals surface area (Å²) in [6, 6.07) is 3.68. The van der Waals surface area contributed by atoms with E-state index in [9.17, 15) is 8.78 Å². The number of aromatic nitrogens is 1. The summed E-state index contributed by atoms with van der Waals surface area (Å²) in [5.74, 6) is -1.09. The molecule has 2 aromatic rings. The third kappa shape index (κ3) is 1.20. The van der Waals surface area contributed by atoms with E-state index in [-0.39, 0.29) is 5.39 Å². The maximum absolute atomic E-state index is 13.1. The molecule has 0 bridgehead atoms. The van der Waals surface area contributed by atoms with E-state index in [4.69, 9.17) is 5.73 Å². The van der Waals surface area contributed by atoms with E-state index in [1.54, 1.807) is 0 Å². The van der Waals surface area contributed by atoms with E-state index in [0.717, 1.165) is 12.3 Å². The molecule has 0 saturated heterocycles. The Bertz CT molecular complexity index is 468. The Kier molecular flexibility index (Phi) is 1.62. The van der Waals surface area contributed by atoms with E-state index in [1.807, 2.05) is 0 Å². The molecule has 2 rings (SSSR count). The van der Waals surface area contributed by atoms with Crippen LogP contribution in [0.5, 0.6) is 0 Å². The highest BCUT2D eigenvalue weighted by molar-refractivity contribution is 5.89. The van der Waals surface area contributed by atoms with Crippen molar-refractivity contribution in [1.29, 1.82) is 0 Å². The van der Waals surface area contributed by atoms with Crippen LogP contribution in [-0.2, 0) is 0 Å². The van der Waals surface area contributed by atoms with Crippen LogP contribution < -0.4 is 5.73 Å². The van der Waals surface area contributed by atoms with Crippen molar-refractivity contribution in [1.82, 2.24) is 4.98 Å². The van der Waals surface area contributed by atoms with Gasteiger partial charge < -0.3 is 5.73 Å². The van der Waals surface area contributed by atoms with Gasteiger partial charge in [0.25, 0.3) is 0 Å². The third-order valence-electron chi connectivity index (χ3n) is 1.79. The van der Waals surface area contributed by atoms with Crippen molar-refractivity contribution in [2.45, 2.75) is 0 Å². The molecule has 0 atom stereocenters. The molecule has 1 heterocycles. The van der Waals surface area contributed by atoms with Crippen molar-refractivity contribution in [3.05, 3.63) is 36.0 Å². The molecule has 0 unspecified atom stereocenters. The summed E-state index contributed by atoms with van der Waals surface area (Å²) in [5.41, 5.74) is 6.16. The highest BCUT2D eigenvalue weighted by Crippen LogP contribution is 2.21. The Labute approximate surface area is 73.0 Å². The number of benzene rings is 1. The van der Waals surface area contributed by atoms with Gasteiger partial charge in [0.2, 0.25) is 0 Å². The molecule has 0 spiro atoms. The van der Waals surface area contributed by atoms with E-state index in [2.05, 4.69) is 4.98 Å². The second-order valence-corrected chi connectivity index (χ2v) is 2.69. The molecule has 2 nitrogen and oxygen atoms in total.